The number of imidazole rings is 1. The molecule has 1 aromatic carbocycles. The largest absolute Gasteiger partial charge is 0.473 e. The molecule has 0 saturated carbocycles. The van der Waals surface area contributed by atoms with E-state index in [9.17, 15) is 9.18 Å². The number of fused-ring (bicyclic) bond motifs is 1. The number of benzene rings is 1. The van der Waals surface area contributed by atoms with Crippen molar-refractivity contribution < 1.29 is 29.0 Å². The molecule has 2 aromatic heterocycles. The van der Waals surface area contributed by atoms with Crippen LogP contribution in [0, 0.1) is 11.7 Å². The first-order valence-corrected chi connectivity index (χ1v) is 10.0. The number of carbonyl (C=O) groups is 3. The second kappa shape index (κ2) is 10.1. The van der Waals surface area contributed by atoms with Crippen LogP contribution in [-0.2, 0) is 16.1 Å². The number of likely N-dealkylation sites (tertiary alicyclic amines) is 1. The Labute approximate surface area is 183 Å². The van der Waals surface area contributed by atoms with E-state index in [-0.39, 0.29) is 17.5 Å². The number of hydrogen-bond acceptors (Lipinski definition) is 6. The van der Waals surface area contributed by atoms with Crippen LogP contribution in [0.1, 0.15) is 29.0 Å². The van der Waals surface area contributed by atoms with Gasteiger partial charge in [-0.2, -0.15) is 0 Å². The summed E-state index contributed by atoms with van der Waals surface area (Å²) in [6.07, 6.45) is 3.40. The molecule has 1 aliphatic rings. The molecule has 168 valence electrons. The summed E-state index contributed by atoms with van der Waals surface area (Å²) in [7, 11) is 2.08. The number of rotatable bonds is 4. The smallest absolute Gasteiger partial charge is 0.414 e. The first kappa shape index (κ1) is 23.0. The van der Waals surface area contributed by atoms with Crippen LogP contribution in [0.2, 0.25) is 0 Å². The first-order chi connectivity index (χ1) is 15.3. The second-order valence-corrected chi connectivity index (χ2v) is 7.55. The van der Waals surface area contributed by atoms with Crippen molar-refractivity contribution in [1.82, 2.24) is 19.4 Å². The van der Waals surface area contributed by atoms with E-state index in [0.29, 0.717) is 23.5 Å². The Morgan fingerprint density at radius 1 is 1.06 bits per heavy atom. The Bertz CT molecular complexity index is 1110. The van der Waals surface area contributed by atoms with Gasteiger partial charge in [0.25, 0.3) is 0 Å². The molecule has 0 spiro atoms. The van der Waals surface area contributed by atoms with Crippen LogP contribution in [0.15, 0.2) is 42.6 Å². The van der Waals surface area contributed by atoms with Crippen LogP contribution in [0.3, 0.4) is 0 Å². The average Bonchev–Trinajstić information content (AvgIpc) is 3.14. The fourth-order valence-electron chi connectivity index (χ4n) is 3.52. The van der Waals surface area contributed by atoms with Crippen LogP contribution in [-0.4, -0.2) is 67.5 Å². The van der Waals surface area contributed by atoms with Crippen molar-refractivity contribution in [2.75, 3.05) is 20.1 Å². The van der Waals surface area contributed by atoms with Gasteiger partial charge >= 0.3 is 11.9 Å². The lowest BCUT2D eigenvalue weighted by molar-refractivity contribution is -0.159. The number of carbonyl (C=O) groups excluding carboxylic acids is 1. The summed E-state index contributed by atoms with van der Waals surface area (Å²) in [5.41, 5.74) is 2.31. The lowest BCUT2D eigenvalue weighted by atomic mass is 9.92. The number of nitrogens with zero attached hydrogens (tertiary/aromatic N) is 4. The minimum Gasteiger partial charge on any atom is -0.473 e. The molecule has 0 amide bonds. The topological polar surface area (TPSA) is 126 Å². The van der Waals surface area contributed by atoms with Crippen molar-refractivity contribution in [3.63, 3.8) is 0 Å². The third kappa shape index (κ3) is 5.52. The Kier molecular flexibility index (Phi) is 7.26. The second-order valence-electron chi connectivity index (χ2n) is 7.55. The lowest BCUT2D eigenvalue weighted by Gasteiger charge is -2.27. The number of ketones is 1. The average molecular weight is 442 g/mol. The van der Waals surface area contributed by atoms with Gasteiger partial charge in [-0.1, -0.05) is 12.1 Å². The van der Waals surface area contributed by atoms with Crippen LogP contribution in [0.5, 0.6) is 0 Å². The molecule has 1 fully saturated rings. The Morgan fingerprint density at radius 2 is 1.69 bits per heavy atom. The summed E-state index contributed by atoms with van der Waals surface area (Å²) in [6, 6.07) is 10.0. The zero-order valence-corrected chi connectivity index (χ0v) is 17.4. The zero-order valence-electron chi connectivity index (χ0n) is 17.4. The molecule has 2 N–H and O–H groups in total. The van der Waals surface area contributed by atoms with Gasteiger partial charge in [-0.05, 0) is 62.8 Å². The number of aromatic nitrogens is 3. The molecule has 0 aliphatic carbocycles. The number of carboxylic acid groups (broad SMARTS) is 2. The highest BCUT2D eigenvalue weighted by molar-refractivity contribution is 6.27. The van der Waals surface area contributed by atoms with Gasteiger partial charge in [0.1, 0.15) is 11.3 Å². The molecule has 1 aliphatic heterocycles. The number of aliphatic carboxylic acids is 2. The summed E-state index contributed by atoms with van der Waals surface area (Å²) in [6.45, 7) is 2.29. The first-order valence-electron chi connectivity index (χ1n) is 10.0. The molecule has 9 nitrogen and oxygen atoms in total. The van der Waals surface area contributed by atoms with Gasteiger partial charge in [0.2, 0.25) is 5.78 Å². The van der Waals surface area contributed by atoms with Crippen molar-refractivity contribution in [3.8, 4) is 0 Å². The van der Waals surface area contributed by atoms with Gasteiger partial charge in [0.15, 0.2) is 11.5 Å². The Hall–Kier alpha value is -3.66. The van der Waals surface area contributed by atoms with Crippen LogP contribution in [0.25, 0.3) is 11.2 Å². The molecule has 4 rings (SSSR count). The number of carboxylic acids is 2. The maximum absolute atomic E-state index is 13.2. The molecule has 3 heterocycles. The number of hydrogen-bond donors (Lipinski definition) is 2. The van der Waals surface area contributed by atoms with Gasteiger partial charge < -0.3 is 19.7 Å². The SMILES string of the molecule is CN1CCC(C(=O)c2nc3cccnc3n2Cc2ccc(F)cc2)CC1.O=C(O)C(=O)O. The summed E-state index contributed by atoms with van der Waals surface area (Å²) < 4.78 is 15.1. The van der Waals surface area contributed by atoms with Gasteiger partial charge in [-0.25, -0.2) is 23.9 Å². The van der Waals surface area contributed by atoms with E-state index in [4.69, 9.17) is 19.8 Å². The highest BCUT2D eigenvalue weighted by atomic mass is 19.1. The molecule has 3 aromatic rings. The van der Waals surface area contributed by atoms with E-state index in [1.807, 2.05) is 16.7 Å². The van der Waals surface area contributed by atoms with E-state index < -0.39 is 11.9 Å². The molecule has 1 saturated heterocycles. The van der Waals surface area contributed by atoms with Gasteiger partial charge in [-0.3, -0.25) is 4.79 Å². The van der Waals surface area contributed by atoms with E-state index in [2.05, 4.69) is 21.9 Å². The van der Waals surface area contributed by atoms with Gasteiger partial charge in [-0.15, -0.1) is 0 Å². The van der Waals surface area contributed by atoms with Gasteiger partial charge in [0, 0.05) is 12.1 Å². The molecule has 0 bridgehead atoms. The zero-order chi connectivity index (χ0) is 23.3. The number of halogens is 1. The lowest BCUT2D eigenvalue weighted by Crippen LogP contribution is -2.34. The summed E-state index contributed by atoms with van der Waals surface area (Å²) in [5, 5.41) is 14.8. The van der Waals surface area contributed by atoms with Crippen molar-refractivity contribution >= 4 is 28.9 Å². The minimum absolute atomic E-state index is 0.00465. The standard InChI is InChI=1S/C20H21FN4O.C2H2O4/c1-24-11-8-15(9-12-24)18(26)20-23-17-3-2-10-22-19(17)25(20)13-14-4-6-16(21)7-5-14;3-1(4)2(5)6/h2-7,10,15H,8-9,11-13H2,1H3;(H,3,4)(H,5,6). The number of Topliss-reactive ketones (excluding diaryl/α,β-unsaturated/α-hetero) is 1. The molecule has 10 heteroatoms. The molecular formula is C22H23FN4O5. The van der Waals surface area contributed by atoms with Crippen molar-refractivity contribution in [1.29, 1.82) is 0 Å². The molecule has 32 heavy (non-hydrogen) atoms. The third-order valence-electron chi connectivity index (χ3n) is 5.25. The Morgan fingerprint density at radius 3 is 2.28 bits per heavy atom. The summed E-state index contributed by atoms with van der Waals surface area (Å²) in [5.74, 6) is -3.39. The van der Waals surface area contributed by atoms with E-state index in [1.165, 1.54) is 12.1 Å². The molecular weight excluding hydrogens is 419 g/mol. The fraction of sp³-hybridized carbons (Fsp3) is 0.318. The number of pyridine rings is 1. The maximum Gasteiger partial charge on any atom is 0.414 e. The van der Waals surface area contributed by atoms with E-state index in [0.717, 1.165) is 31.5 Å². The third-order valence-corrected chi connectivity index (χ3v) is 5.25. The molecule has 0 atom stereocenters. The predicted molar refractivity (Wildman–Crippen MR) is 113 cm³/mol. The van der Waals surface area contributed by atoms with Gasteiger partial charge in [0.05, 0.1) is 6.54 Å². The molecule has 0 radical (unpaired) electrons. The van der Waals surface area contributed by atoms with Crippen molar-refractivity contribution in [2.24, 2.45) is 5.92 Å². The van der Waals surface area contributed by atoms with E-state index in [1.54, 1.807) is 18.3 Å². The summed E-state index contributed by atoms with van der Waals surface area (Å²) in [4.78, 5) is 42.6. The van der Waals surface area contributed by atoms with Crippen LogP contribution < -0.4 is 0 Å². The van der Waals surface area contributed by atoms with Crippen molar-refractivity contribution in [3.05, 3.63) is 59.8 Å². The number of piperidine rings is 1. The highest BCUT2D eigenvalue weighted by Gasteiger charge is 2.28. The predicted octanol–water partition coefficient (Wildman–Crippen LogP) is 2.30. The van der Waals surface area contributed by atoms with Crippen LogP contribution >= 0.6 is 0 Å². The molecule has 0 unspecified atom stereocenters. The monoisotopic (exact) mass is 442 g/mol. The minimum atomic E-state index is -1.82. The summed E-state index contributed by atoms with van der Waals surface area (Å²) >= 11 is 0. The van der Waals surface area contributed by atoms with Crippen molar-refractivity contribution in [2.45, 2.75) is 19.4 Å². The van der Waals surface area contributed by atoms with E-state index >= 15 is 0 Å². The Balaban J connectivity index is 0.000000427. The van der Waals surface area contributed by atoms with Crippen LogP contribution in [0.4, 0.5) is 4.39 Å². The highest BCUT2D eigenvalue weighted by Crippen LogP contribution is 2.24. The fourth-order valence-corrected chi connectivity index (χ4v) is 3.52. The normalized spacial score (nSPS) is 14.6. The quantitative estimate of drug-likeness (QED) is 0.466. The maximum atomic E-state index is 13.2.